The van der Waals surface area contributed by atoms with E-state index in [9.17, 15) is 27.2 Å². The summed E-state index contributed by atoms with van der Waals surface area (Å²) in [5.74, 6) is -3.72. The Labute approximate surface area is 162 Å². The quantitative estimate of drug-likeness (QED) is 0.403. The van der Waals surface area contributed by atoms with Crippen molar-refractivity contribution in [1.82, 2.24) is 24.4 Å². The Balaban J connectivity index is 1.86. The van der Waals surface area contributed by atoms with Gasteiger partial charge in [-0.2, -0.15) is 5.10 Å². The number of fused-ring (bicyclic) bond motifs is 1. The van der Waals surface area contributed by atoms with Gasteiger partial charge in [0.15, 0.2) is 22.3 Å². The highest BCUT2D eigenvalue weighted by Crippen LogP contribution is 2.24. The van der Waals surface area contributed by atoms with Crippen LogP contribution in [0.1, 0.15) is 5.56 Å². The lowest BCUT2D eigenvalue weighted by Crippen LogP contribution is -2.26. The Morgan fingerprint density at radius 1 is 1.03 bits per heavy atom. The number of aromatic amines is 1. The van der Waals surface area contributed by atoms with E-state index in [2.05, 4.69) is 15.2 Å². The maximum atomic E-state index is 14.0. The van der Waals surface area contributed by atoms with Crippen LogP contribution < -0.4 is 11.1 Å². The number of halogens is 4. The number of aromatic nitrogens is 5. The lowest BCUT2D eigenvalue weighted by molar-refractivity contribution is 0.576. The van der Waals surface area contributed by atoms with E-state index < -0.39 is 39.9 Å². The monoisotopic (exact) mass is 423 g/mol. The van der Waals surface area contributed by atoms with Crippen molar-refractivity contribution in [2.45, 2.75) is 10.9 Å². The summed E-state index contributed by atoms with van der Waals surface area (Å²) in [4.78, 5) is 26.2. The second-order valence-electron chi connectivity index (χ2n) is 5.81. The van der Waals surface area contributed by atoms with Crippen molar-refractivity contribution in [3.63, 3.8) is 0 Å². The highest BCUT2D eigenvalue weighted by Gasteiger charge is 2.19. The number of hydrogen-bond donors (Lipinski definition) is 1. The zero-order chi connectivity index (χ0) is 20.7. The fourth-order valence-electron chi connectivity index (χ4n) is 2.58. The van der Waals surface area contributed by atoms with Crippen LogP contribution in [0.4, 0.5) is 17.6 Å². The standard InChI is InChI=1S/C17H9F4N5O2S/c18-9-2-1-8(11(19)3-9)7-29-17-24-26-14(13(21)6-23-26)16(28)25(17)10-4-12(20)15(27)22-5-10/h1-6H,7H2,(H,22,27). The first kappa shape index (κ1) is 18.9. The summed E-state index contributed by atoms with van der Waals surface area (Å²) in [6.45, 7) is 0. The van der Waals surface area contributed by atoms with Gasteiger partial charge in [0.05, 0.1) is 11.9 Å². The number of rotatable bonds is 4. The molecule has 0 amide bonds. The van der Waals surface area contributed by atoms with Crippen LogP contribution in [0.15, 0.2) is 51.4 Å². The van der Waals surface area contributed by atoms with Gasteiger partial charge in [0, 0.05) is 24.1 Å². The number of pyridine rings is 1. The molecule has 3 aromatic heterocycles. The highest BCUT2D eigenvalue weighted by atomic mass is 32.2. The largest absolute Gasteiger partial charge is 0.324 e. The summed E-state index contributed by atoms with van der Waals surface area (Å²) in [6.07, 6.45) is 1.84. The Hall–Kier alpha value is -3.41. The lowest BCUT2D eigenvalue weighted by atomic mass is 10.2. The summed E-state index contributed by atoms with van der Waals surface area (Å²) in [5, 5.41) is 7.58. The zero-order valence-electron chi connectivity index (χ0n) is 14.2. The molecule has 0 aliphatic heterocycles. The van der Waals surface area contributed by atoms with Gasteiger partial charge in [-0.05, 0) is 11.6 Å². The molecule has 4 aromatic rings. The summed E-state index contributed by atoms with van der Waals surface area (Å²) >= 11 is 0.855. The van der Waals surface area contributed by atoms with Crippen molar-refractivity contribution in [1.29, 1.82) is 0 Å². The summed E-state index contributed by atoms with van der Waals surface area (Å²) in [7, 11) is 0. The molecule has 148 valence electrons. The van der Waals surface area contributed by atoms with E-state index in [-0.39, 0.29) is 22.2 Å². The molecular weight excluding hydrogens is 414 g/mol. The van der Waals surface area contributed by atoms with E-state index in [0.29, 0.717) is 6.07 Å². The normalized spacial score (nSPS) is 11.3. The predicted octanol–water partition coefficient (Wildman–Crippen LogP) is 2.42. The van der Waals surface area contributed by atoms with Crippen molar-refractivity contribution in [3.8, 4) is 5.69 Å². The Morgan fingerprint density at radius 2 is 1.83 bits per heavy atom. The van der Waals surface area contributed by atoms with Crippen molar-refractivity contribution in [2.24, 2.45) is 0 Å². The van der Waals surface area contributed by atoms with E-state index in [0.717, 1.165) is 45.5 Å². The number of hydrogen-bond acceptors (Lipinski definition) is 5. The fourth-order valence-corrected chi connectivity index (χ4v) is 3.55. The average molecular weight is 423 g/mol. The van der Waals surface area contributed by atoms with E-state index in [4.69, 9.17) is 0 Å². The van der Waals surface area contributed by atoms with E-state index in [1.165, 1.54) is 6.07 Å². The molecule has 0 aliphatic rings. The van der Waals surface area contributed by atoms with Crippen molar-refractivity contribution >= 4 is 17.3 Å². The Morgan fingerprint density at radius 3 is 2.55 bits per heavy atom. The smallest absolute Gasteiger partial charge is 0.288 e. The highest BCUT2D eigenvalue weighted by molar-refractivity contribution is 7.98. The molecule has 0 spiro atoms. The maximum absolute atomic E-state index is 14.0. The van der Waals surface area contributed by atoms with Crippen LogP contribution >= 0.6 is 11.8 Å². The Kier molecular flexibility index (Phi) is 4.70. The van der Waals surface area contributed by atoms with Crippen LogP contribution in [-0.2, 0) is 5.75 Å². The van der Waals surface area contributed by atoms with Gasteiger partial charge in [0.1, 0.15) is 11.6 Å². The number of thioether (sulfide) groups is 1. The summed E-state index contributed by atoms with van der Waals surface area (Å²) < 4.78 is 56.3. The molecule has 0 unspecified atom stereocenters. The van der Waals surface area contributed by atoms with Crippen molar-refractivity contribution < 1.29 is 17.6 Å². The molecule has 0 radical (unpaired) electrons. The molecule has 3 heterocycles. The first-order valence-corrected chi connectivity index (χ1v) is 8.95. The van der Waals surface area contributed by atoms with Crippen molar-refractivity contribution in [2.75, 3.05) is 0 Å². The third kappa shape index (κ3) is 3.42. The summed E-state index contributed by atoms with van der Waals surface area (Å²) in [5.41, 5.74) is -2.41. The number of benzene rings is 1. The van der Waals surface area contributed by atoms with E-state index in [1.807, 2.05) is 0 Å². The van der Waals surface area contributed by atoms with Gasteiger partial charge < -0.3 is 4.98 Å². The molecule has 1 aromatic carbocycles. The van der Waals surface area contributed by atoms with Crippen LogP contribution in [0, 0.1) is 23.3 Å². The number of nitrogens with zero attached hydrogens (tertiary/aromatic N) is 4. The molecule has 1 N–H and O–H groups in total. The molecule has 0 atom stereocenters. The topological polar surface area (TPSA) is 85.1 Å². The molecule has 0 saturated carbocycles. The van der Waals surface area contributed by atoms with E-state index >= 15 is 0 Å². The average Bonchev–Trinajstić information content (AvgIpc) is 3.04. The zero-order valence-corrected chi connectivity index (χ0v) is 15.0. The van der Waals surface area contributed by atoms with Crippen LogP contribution in [-0.4, -0.2) is 24.4 Å². The molecule has 0 bridgehead atoms. The fraction of sp³-hybridized carbons (Fsp3) is 0.0588. The molecule has 0 aliphatic carbocycles. The number of nitrogens with one attached hydrogen (secondary N) is 1. The third-order valence-corrected chi connectivity index (χ3v) is 4.93. The predicted molar refractivity (Wildman–Crippen MR) is 95.0 cm³/mol. The number of H-pyrrole nitrogens is 1. The van der Waals surface area contributed by atoms with Gasteiger partial charge in [-0.25, -0.2) is 17.6 Å². The second kappa shape index (κ2) is 7.20. The minimum atomic E-state index is -1.16. The second-order valence-corrected chi connectivity index (χ2v) is 6.76. The maximum Gasteiger partial charge on any atom is 0.288 e. The lowest BCUT2D eigenvalue weighted by Gasteiger charge is -2.12. The van der Waals surface area contributed by atoms with Gasteiger partial charge in [-0.1, -0.05) is 17.8 Å². The molecule has 0 saturated heterocycles. The van der Waals surface area contributed by atoms with Crippen LogP contribution in [0.3, 0.4) is 0 Å². The molecule has 29 heavy (non-hydrogen) atoms. The molecule has 4 rings (SSSR count). The van der Waals surface area contributed by atoms with Crippen LogP contribution in [0.5, 0.6) is 0 Å². The van der Waals surface area contributed by atoms with Crippen LogP contribution in [0.2, 0.25) is 0 Å². The van der Waals surface area contributed by atoms with Crippen molar-refractivity contribution in [3.05, 3.63) is 86.2 Å². The Bertz CT molecular complexity index is 1360. The SMILES string of the molecule is O=c1[nH]cc(-n2c(SCc3ccc(F)cc3F)nn3ncc(F)c3c2=O)cc1F. The van der Waals surface area contributed by atoms with E-state index in [1.54, 1.807) is 0 Å². The first-order chi connectivity index (χ1) is 13.8. The van der Waals surface area contributed by atoms with Gasteiger partial charge >= 0.3 is 0 Å². The molecule has 0 fully saturated rings. The van der Waals surface area contributed by atoms with Crippen LogP contribution in [0.25, 0.3) is 11.2 Å². The summed E-state index contributed by atoms with van der Waals surface area (Å²) in [6, 6.07) is 3.80. The minimum Gasteiger partial charge on any atom is -0.324 e. The van der Waals surface area contributed by atoms with Gasteiger partial charge in [0.25, 0.3) is 11.1 Å². The van der Waals surface area contributed by atoms with Gasteiger partial charge in [-0.3, -0.25) is 14.2 Å². The molecule has 7 nitrogen and oxygen atoms in total. The van der Waals surface area contributed by atoms with Gasteiger partial charge in [-0.15, -0.1) is 9.73 Å². The molecule has 12 heteroatoms. The third-order valence-electron chi connectivity index (χ3n) is 3.96. The van der Waals surface area contributed by atoms with Gasteiger partial charge in [0.2, 0.25) is 0 Å². The molecular formula is C17H9F4N5O2S. The first-order valence-electron chi connectivity index (χ1n) is 7.97. The minimum absolute atomic E-state index is 0.0698.